The van der Waals surface area contributed by atoms with E-state index in [9.17, 15) is 0 Å². The average molecular weight is 269 g/mol. The smallest absolute Gasteiger partial charge is 0.322 e. The van der Waals surface area contributed by atoms with Gasteiger partial charge < -0.3 is 10.1 Å². The molecule has 1 aromatic rings. The minimum Gasteiger partial charge on any atom is -0.464 e. The molecule has 0 spiro atoms. The molecule has 98 valence electrons. The molecule has 0 amide bonds. The number of allylic oxidation sites excluding steroid dienone is 1. The lowest BCUT2D eigenvalue weighted by Crippen LogP contribution is -2.08. The molecule has 18 heavy (non-hydrogen) atoms. The highest BCUT2D eigenvalue weighted by molar-refractivity contribution is 6.28. The van der Waals surface area contributed by atoms with Crippen LogP contribution >= 0.6 is 11.6 Å². The van der Waals surface area contributed by atoms with Crippen molar-refractivity contribution in [1.82, 2.24) is 15.0 Å². The van der Waals surface area contributed by atoms with E-state index in [1.807, 2.05) is 6.92 Å². The molecule has 6 heteroatoms. The van der Waals surface area contributed by atoms with Crippen LogP contribution in [0.5, 0.6) is 6.01 Å². The standard InChI is InChI=1S/C12H17ClN4O/c1-2-18-12-16-10(13)15-11(17-12)14-8-7-9-5-3-4-6-9/h5H,2-4,6-8H2,1H3,(H,14,15,16,17). The minimum atomic E-state index is 0.149. The number of anilines is 1. The van der Waals surface area contributed by atoms with Crippen molar-refractivity contribution in [3.05, 3.63) is 16.9 Å². The van der Waals surface area contributed by atoms with E-state index in [1.54, 1.807) is 0 Å². The lowest BCUT2D eigenvalue weighted by molar-refractivity contribution is 0.312. The van der Waals surface area contributed by atoms with Gasteiger partial charge in [0, 0.05) is 6.54 Å². The van der Waals surface area contributed by atoms with Gasteiger partial charge in [-0.25, -0.2) is 0 Å². The minimum absolute atomic E-state index is 0.149. The summed E-state index contributed by atoms with van der Waals surface area (Å²) in [7, 11) is 0. The molecule has 0 aromatic carbocycles. The van der Waals surface area contributed by atoms with Gasteiger partial charge >= 0.3 is 6.01 Å². The fourth-order valence-corrected chi connectivity index (χ4v) is 2.06. The van der Waals surface area contributed by atoms with Crippen LogP contribution in [0.25, 0.3) is 0 Å². The maximum absolute atomic E-state index is 5.80. The van der Waals surface area contributed by atoms with Gasteiger partial charge in [-0.1, -0.05) is 11.6 Å². The van der Waals surface area contributed by atoms with Crippen LogP contribution in [0.1, 0.15) is 32.6 Å². The van der Waals surface area contributed by atoms with Crippen molar-refractivity contribution in [3.63, 3.8) is 0 Å². The van der Waals surface area contributed by atoms with Gasteiger partial charge in [-0.2, -0.15) is 15.0 Å². The van der Waals surface area contributed by atoms with Crippen LogP contribution in [-0.4, -0.2) is 28.1 Å². The molecule has 1 aromatic heterocycles. The van der Waals surface area contributed by atoms with Gasteiger partial charge in [0.15, 0.2) is 0 Å². The topological polar surface area (TPSA) is 59.9 Å². The Balaban J connectivity index is 1.87. The molecule has 1 aliphatic rings. The van der Waals surface area contributed by atoms with Crippen molar-refractivity contribution < 1.29 is 4.74 Å². The molecule has 0 unspecified atom stereocenters. The molecular weight excluding hydrogens is 252 g/mol. The number of nitrogens with zero attached hydrogens (tertiary/aromatic N) is 3. The summed E-state index contributed by atoms with van der Waals surface area (Å²) >= 11 is 5.80. The summed E-state index contributed by atoms with van der Waals surface area (Å²) < 4.78 is 5.21. The number of aromatic nitrogens is 3. The summed E-state index contributed by atoms with van der Waals surface area (Å²) in [5.41, 5.74) is 1.51. The third-order valence-corrected chi connectivity index (χ3v) is 2.89. The van der Waals surface area contributed by atoms with Crippen LogP contribution in [-0.2, 0) is 0 Å². The average Bonchev–Trinajstić information content (AvgIpc) is 2.82. The summed E-state index contributed by atoms with van der Waals surface area (Å²) in [6, 6.07) is 0.264. The first-order valence-corrected chi connectivity index (χ1v) is 6.62. The molecule has 0 atom stereocenters. The van der Waals surface area contributed by atoms with E-state index in [1.165, 1.54) is 24.8 Å². The number of hydrogen-bond donors (Lipinski definition) is 1. The zero-order valence-electron chi connectivity index (χ0n) is 10.4. The van der Waals surface area contributed by atoms with Crippen LogP contribution in [0.4, 0.5) is 5.95 Å². The van der Waals surface area contributed by atoms with Crippen LogP contribution in [0.3, 0.4) is 0 Å². The number of nitrogens with one attached hydrogen (secondary N) is 1. The second-order valence-corrected chi connectivity index (χ2v) is 4.41. The van der Waals surface area contributed by atoms with Gasteiger partial charge in [0.2, 0.25) is 11.2 Å². The normalized spacial score (nSPS) is 14.4. The Morgan fingerprint density at radius 3 is 3.00 bits per heavy atom. The van der Waals surface area contributed by atoms with E-state index in [2.05, 4.69) is 26.3 Å². The number of halogens is 1. The van der Waals surface area contributed by atoms with Crippen molar-refractivity contribution in [2.45, 2.75) is 32.6 Å². The number of rotatable bonds is 6. The van der Waals surface area contributed by atoms with Crippen molar-refractivity contribution in [3.8, 4) is 6.01 Å². The molecular formula is C12H17ClN4O. The highest BCUT2D eigenvalue weighted by atomic mass is 35.5. The van der Waals surface area contributed by atoms with E-state index < -0.39 is 0 Å². The van der Waals surface area contributed by atoms with Crippen molar-refractivity contribution in [2.75, 3.05) is 18.5 Å². The fraction of sp³-hybridized carbons (Fsp3) is 0.583. The Bertz CT molecular complexity index is 436. The zero-order chi connectivity index (χ0) is 12.8. The Morgan fingerprint density at radius 1 is 1.39 bits per heavy atom. The zero-order valence-corrected chi connectivity index (χ0v) is 11.2. The molecule has 1 aliphatic carbocycles. The molecule has 2 rings (SSSR count). The molecule has 1 heterocycles. The van der Waals surface area contributed by atoms with Crippen molar-refractivity contribution >= 4 is 17.5 Å². The highest BCUT2D eigenvalue weighted by Gasteiger charge is 2.07. The monoisotopic (exact) mass is 268 g/mol. The van der Waals surface area contributed by atoms with Gasteiger partial charge in [-0.15, -0.1) is 0 Å². The number of ether oxygens (including phenoxy) is 1. The van der Waals surface area contributed by atoms with Gasteiger partial charge in [0.1, 0.15) is 0 Å². The maximum Gasteiger partial charge on any atom is 0.322 e. The van der Waals surface area contributed by atoms with Gasteiger partial charge in [-0.3, -0.25) is 0 Å². The highest BCUT2D eigenvalue weighted by Crippen LogP contribution is 2.20. The molecule has 1 N–H and O–H groups in total. The first-order chi connectivity index (χ1) is 8.78. The van der Waals surface area contributed by atoms with Gasteiger partial charge in [0.25, 0.3) is 0 Å². The Kier molecular flexibility index (Phi) is 4.75. The number of hydrogen-bond acceptors (Lipinski definition) is 5. The molecule has 5 nitrogen and oxygen atoms in total. The Labute approximate surface area is 112 Å². The fourth-order valence-electron chi connectivity index (χ4n) is 1.90. The van der Waals surface area contributed by atoms with E-state index >= 15 is 0 Å². The second-order valence-electron chi connectivity index (χ2n) is 4.08. The van der Waals surface area contributed by atoms with Gasteiger partial charge in [0.05, 0.1) is 6.61 Å². The van der Waals surface area contributed by atoms with Crippen molar-refractivity contribution in [2.24, 2.45) is 0 Å². The summed E-state index contributed by atoms with van der Waals surface area (Å²) in [5.74, 6) is 0.469. The Morgan fingerprint density at radius 2 is 2.28 bits per heavy atom. The summed E-state index contributed by atoms with van der Waals surface area (Å²) in [5, 5.41) is 3.29. The quantitative estimate of drug-likeness (QED) is 0.804. The van der Waals surface area contributed by atoms with Crippen LogP contribution in [0.15, 0.2) is 11.6 Å². The third kappa shape index (κ3) is 3.84. The lowest BCUT2D eigenvalue weighted by Gasteiger charge is -2.07. The lowest BCUT2D eigenvalue weighted by atomic mass is 10.2. The van der Waals surface area contributed by atoms with Crippen LogP contribution < -0.4 is 10.1 Å². The summed E-state index contributed by atoms with van der Waals surface area (Å²) in [6.45, 7) is 3.18. The molecule has 0 radical (unpaired) electrons. The SMILES string of the molecule is CCOc1nc(Cl)nc(NCCC2=CCCC2)n1. The molecule has 0 aliphatic heterocycles. The molecule has 0 saturated carbocycles. The molecule has 0 fully saturated rings. The van der Waals surface area contributed by atoms with Gasteiger partial charge in [-0.05, 0) is 44.2 Å². The largest absolute Gasteiger partial charge is 0.464 e. The molecule has 0 bridgehead atoms. The molecule has 0 saturated heterocycles. The predicted molar refractivity (Wildman–Crippen MR) is 71.0 cm³/mol. The van der Waals surface area contributed by atoms with E-state index in [0.717, 1.165) is 13.0 Å². The summed E-state index contributed by atoms with van der Waals surface area (Å²) in [6.07, 6.45) is 7.04. The summed E-state index contributed by atoms with van der Waals surface area (Å²) in [4.78, 5) is 12.0. The van der Waals surface area contributed by atoms with E-state index in [-0.39, 0.29) is 11.3 Å². The maximum atomic E-state index is 5.80. The Hall–Kier alpha value is -1.36. The first kappa shape index (κ1) is 13.1. The second kappa shape index (κ2) is 6.54. The predicted octanol–water partition coefficient (Wildman–Crippen LogP) is 2.84. The van der Waals surface area contributed by atoms with E-state index in [4.69, 9.17) is 16.3 Å². The van der Waals surface area contributed by atoms with E-state index in [0.29, 0.717) is 12.6 Å². The van der Waals surface area contributed by atoms with Crippen molar-refractivity contribution in [1.29, 1.82) is 0 Å². The first-order valence-electron chi connectivity index (χ1n) is 6.24. The third-order valence-electron chi connectivity index (χ3n) is 2.73. The van der Waals surface area contributed by atoms with Crippen LogP contribution in [0, 0.1) is 0 Å². The van der Waals surface area contributed by atoms with Crippen LogP contribution in [0.2, 0.25) is 5.28 Å².